The van der Waals surface area contributed by atoms with Gasteiger partial charge in [-0.3, -0.25) is 0 Å². The Labute approximate surface area is 139 Å². The van der Waals surface area contributed by atoms with Crippen molar-refractivity contribution in [2.75, 3.05) is 23.3 Å². The maximum absolute atomic E-state index is 4.40. The van der Waals surface area contributed by atoms with Crippen molar-refractivity contribution in [2.24, 2.45) is 0 Å². The maximum Gasteiger partial charge on any atom is 0.185 e. The van der Waals surface area contributed by atoms with Crippen LogP contribution in [-0.2, 0) is 0 Å². The van der Waals surface area contributed by atoms with E-state index in [9.17, 15) is 0 Å². The predicted molar refractivity (Wildman–Crippen MR) is 94.5 cm³/mol. The summed E-state index contributed by atoms with van der Waals surface area (Å²) < 4.78 is 2.01. The van der Waals surface area contributed by atoms with Gasteiger partial charge in [0, 0.05) is 54.5 Å². The molecule has 0 bridgehead atoms. The number of hydrogen-bond donors (Lipinski definition) is 1. The summed E-state index contributed by atoms with van der Waals surface area (Å²) in [7, 11) is 0. The summed E-state index contributed by atoms with van der Waals surface area (Å²) in [6.07, 6.45) is 9.73. The molecule has 3 aromatic rings. The van der Waals surface area contributed by atoms with Gasteiger partial charge in [0.05, 0.1) is 6.33 Å². The first-order chi connectivity index (χ1) is 11.4. The molecular weight excluding hydrogens is 306 g/mol. The first-order valence-electron chi connectivity index (χ1n) is 7.88. The Kier molecular flexibility index (Phi) is 3.98. The third kappa shape index (κ3) is 3.22. The summed E-state index contributed by atoms with van der Waals surface area (Å²) in [6.45, 7) is 2.14. The van der Waals surface area contributed by atoms with Crippen LogP contribution in [-0.4, -0.2) is 33.7 Å². The molecule has 1 fully saturated rings. The molecule has 1 aliphatic heterocycles. The molecule has 5 nitrogen and oxygen atoms in total. The molecule has 0 saturated carbocycles. The van der Waals surface area contributed by atoms with Gasteiger partial charge in [-0.1, -0.05) is 0 Å². The average Bonchev–Trinajstić information content (AvgIpc) is 3.30. The Morgan fingerprint density at radius 3 is 2.57 bits per heavy atom. The van der Waals surface area contributed by atoms with E-state index in [1.807, 2.05) is 28.7 Å². The van der Waals surface area contributed by atoms with Crippen molar-refractivity contribution in [3.05, 3.63) is 54.6 Å². The zero-order valence-corrected chi connectivity index (χ0v) is 13.6. The quantitative estimate of drug-likeness (QED) is 0.798. The largest absolute Gasteiger partial charge is 0.382 e. The number of piperidine rings is 1. The minimum atomic E-state index is 0.533. The van der Waals surface area contributed by atoms with Crippen molar-refractivity contribution in [1.29, 1.82) is 0 Å². The molecule has 1 N–H and O–H groups in total. The lowest BCUT2D eigenvalue weighted by molar-refractivity contribution is 0.526. The predicted octanol–water partition coefficient (Wildman–Crippen LogP) is 3.41. The lowest BCUT2D eigenvalue weighted by Gasteiger charge is -2.32. The fraction of sp³-hybridized carbons (Fsp3) is 0.294. The van der Waals surface area contributed by atoms with Crippen LogP contribution in [0.4, 0.5) is 10.8 Å². The van der Waals surface area contributed by atoms with Gasteiger partial charge < -0.3 is 14.8 Å². The minimum Gasteiger partial charge on any atom is -0.382 e. The van der Waals surface area contributed by atoms with Gasteiger partial charge in [-0.05, 0) is 37.1 Å². The zero-order valence-electron chi connectivity index (χ0n) is 12.8. The van der Waals surface area contributed by atoms with E-state index in [2.05, 4.69) is 44.5 Å². The Bertz CT molecular complexity index is 713. The highest BCUT2D eigenvalue weighted by molar-refractivity contribution is 7.13. The molecule has 1 aliphatic rings. The van der Waals surface area contributed by atoms with Crippen molar-refractivity contribution in [1.82, 2.24) is 14.5 Å². The molecule has 0 radical (unpaired) electrons. The van der Waals surface area contributed by atoms with Crippen molar-refractivity contribution < 1.29 is 0 Å². The first kappa shape index (κ1) is 14.3. The van der Waals surface area contributed by atoms with Crippen LogP contribution < -0.4 is 10.2 Å². The number of hydrogen-bond acceptors (Lipinski definition) is 5. The van der Waals surface area contributed by atoms with Crippen molar-refractivity contribution in [3.8, 4) is 5.69 Å². The SMILES string of the molecule is c1cn(-c2ccc(NC3CCN(c4nccs4)CC3)cc2)cn1. The molecule has 3 heterocycles. The second kappa shape index (κ2) is 6.42. The van der Waals surface area contributed by atoms with Gasteiger partial charge in [0.2, 0.25) is 0 Å². The third-order valence-electron chi connectivity index (χ3n) is 4.23. The van der Waals surface area contributed by atoms with Gasteiger partial charge in [-0.25, -0.2) is 9.97 Å². The Morgan fingerprint density at radius 1 is 1.09 bits per heavy atom. The van der Waals surface area contributed by atoms with Crippen molar-refractivity contribution >= 4 is 22.2 Å². The number of nitrogens with one attached hydrogen (secondary N) is 1. The van der Waals surface area contributed by atoms with Crippen molar-refractivity contribution in [3.63, 3.8) is 0 Å². The fourth-order valence-corrected chi connectivity index (χ4v) is 3.66. The Balaban J connectivity index is 1.34. The highest BCUT2D eigenvalue weighted by Gasteiger charge is 2.20. The first-order valence-corrected chi connectivity index (χ1v) is 8.76. The van der Waals surface area contributed by atoms with Crippen LogP contribution in [0.15, 0.2) is 54.6 Å². The molecule has 1 aromatic carbocycles. The number of benzene rings is 1. The molecule has 6 heteroatoms. The van der Waals surface area contributed by atoms with Gasteiger partial charge >= 0.3 is 0 Å². The normalized spacial score (nSPS) is 15.7. The van der Waals surface area contributed by atoms with E-state index in [0.29, 0.717) is 6.04 Å². The van der Waals surface area contributed by atoms with E-state index in [1.54, 1.807) is 17.5 Å². The molecular formula is C17H19N5S. The highest BCUT2D eigenvalue weighted by Crippen LogP contribution is 2.24. The van der Waals surface area contributed by atoms with E-state index >= 15 is 0 Å². The number of anilines is 2. The number of imidazole rings is 1. The van der Waals surface area contributed by atoms with Crippen LogP contribution in [0, 0.1) is 0 Å². The van der Waals surface area contributed by atoms with Crippen LogP contribution in [0.5, 0.6) is 0 Å². The Morgan fingerprint density at radius 2 is 1.91 bits per heavy atom. The summed E-state index contributed by atoms with van der Waals surface area (Å²) in [5, 5.41) is 6.84. The standard InChI is InChI=1S/C17H19N5S/c1-3-16(22-11-7-18-13-22)4-2-14(1)20-15-5-9-21(10-6-15)17-19-8-12-23-17/h1-4,7-8,11-13,15,20H,5-6,9-10H2. The van der Waals surface area contributed by atoms with Crippen LogP contribution in [0.1, 0.15) is 12.8 Å². The van der Waals surface area contributed by atoms with Crippen LogP contribution in [0.3, 0.4) is 0 Å². The van der Waals surface area contributed by atoms with E-state index in [4.69, 9.17) is 0 Å². The molecule has 0 atom stereocenters. The van der Waals surface area contributed by atoms with E-state index in [1.165, 1.54) is 5.69 Å². The highest BCUT2D eigenvalue weighted by atomic mass is 32.1. The molecule has 0 spiro atoms. The second-order valence-corrected chi connectivity index (χ2v) is 6.61. The summed E-state index contributed by atoms with van der Waals surface area (Å²) in [4.78, 5) is 10.9. The number of aromatic nitrogens is 3. The fourth-order valence-electron chi connectivity index (χ4n) is 2.96. The number of rotatable bonds is 4. The molecule has 0 amide bonds. The lowest BCUT2D eigenvalue weighted by atomic mass is 10.1. The van der Waals surface area contributed by atoms with Crippen LogP contribution >= 0.6 is 11.3 Å². The van der Waals surface area contributed by atoms with Gasteiger partial charge in [-0.2, -0.15) is 0 Å². The van der Waals surface area contributed by atoms with Gasteiger partial charge in [0.25, 0.3) is 0 Å². The maximum atomic E-state index is 4.40. The van der Waals surface area contributed by atoms with Crippen molar-refractivity contribution in [2.45, 2.75) is 18.9 Å². The Hall–Kier alpha value is -2.34. The summed E-state index contributed by atoms with van der Waals surface area (Å²) >= 11 is 1.72. The van der Waals surface area contributed by atoms with E-state index in [0.717, 1.165) is 36.8 Å². The zero-order chi connectivity index (χ0) is 15.5. The smallest absolute Gasteiger partial charge is 0.185 e. The molecule has 0 unspecified atom stereocenters. The molecule has 23 heavy (non-hydrogen) atoms. The van der Waals surface area contributed by atoms with Gasteiger partial charge in [-0.15, -0.1) is 11.3 Å². The molecule has 2 aromatic heterocycles. The van der Waals surface area contributed by atoms with E-state index in [-0.39, 0.29) is 0 Å². The number of thiazole rings is 1. The summed E-state index contributed by atoms with van der Waals surface area (Å²) in [5.41, 5.74) is 2.31. The van der Waals surface area contributed by atoms with E-state index < -0.39 is 0 Å². The molecule has 4 rings (SSSR count). The summed E-state index contributed by atoms with van der Waals surface area (Å²) in [6, 6.07) is 9.06. The summed E-state index contributed by atoms with van der Waals surface area (Å²) in [5.74, 6) is 0. The van der Waals surface area contributed by atoms with Gasteiger partial charge in [0.1, 0.15) is 0 Å². The van der Waals surface area contributed by atoms with Crippen LogP contribution in [0.2, 0.25) is 0 Å². The number of nitrogens with zero attached hydrogens (tertiary/aromatic N) is 4. The molecule has 1 saturated heterocycles. The third-order valence-corrected chi connectivity index (χ3v) is 5.06. The average molecular weight is 325 g/mol. The topological polar surface area (TPSA) is 46.0 Å². The monoisotopic (exact) mass is 325 g/mol. The lowest BCUT2D eigenvalue weighted by Crippen LogP contribution is -2.39. The molecule has 118 valence electrons. The van der Waals surface area contributed by atoms with Gasteiger partial charge in [0.15, 0.2) is 5.13 Å². The van der Waals surface area contributed by atoms with Crippen LogP contribution in [0.25, 0.3) is 5.69 Å². The molecule has 0 aliphatic carbocycles. The second-order valence-electron chi connectivity index (χ2n) is 5.74. The minimum absolute atomic E-state index is 0.533.